The fourth-order valence-electron chi connectivity index (χ4n) is 2.99. The van der Waals surface area contributed by atoms with Gasteiger partial charge >= 0.3 is 0 Å². The second-order valence-corrected chi connectivity index (χ2v) is 7.68. The first-order chi connectivity index (χ1) is 13.2. The zero-order valence-corrected chi connectivity index (χ0v) is 16.7. The van der Waals surface area contributed by atoms with Crippen molar-refractivity contribution in [1.29, 1.82) is 0 Å². The summed E-state index contributed by atoms with van der Waals surface area (Å²) in [5, 5.41) is 23.5. The maximum Gasteiger partial charge on any atom is 0.206 e. The average molecular weight is 398 g/mol. The van der Waals surface area contributed by atoms with E-state index in [1.807, 2.05) is 25.0 Å². The molecule has 2 aromatic heterocycles. The van der Waals surface area contributed by atoms with E-state index in [-0.39, 0.29) is 0 Å². The zero-order chi connectivity index (χ0) is 18.8. The molecular formula is C18H19N7S2. The monoisotopic (exact) mass is 397 g/mol. The summed E-state index contributed by atoms with van der Waals surface area (Å²) in [5.41, 5.74) is 3.87. The topological polar surface area (TPSA) is 84.3 Å². The van der Waals surface area contributed by atoms with E-state index in [0.717, 1.165) is 49.7 Å². The molecule has 0 fully saturated rings. The summed E-state index contributed by atoms with van der Waals surface area (Å²) in [4.78, 5) is 1.95. The van der Waals surface area contributed by atoms with E-state index in [9.17, 15) is 0 Å². The molecule has 2 N–H and O–H groups in total. The Bertz CT molecular complexity index is 1070. The molecule has 0 aliphatic heterocycles. The number of thiol groups is 1. The Labute approximate surface area is 166 Å². The largest absolute Gasteiger partial charge is 0.319 e. The smallest absolute Gasteiger partial charge is 0.206 e. The van der Waals surface area contributed by atoms with Gasteiger partial charge in [-0.2, -0.15) is 10.3 Å². The molecule has 0 aliphatic carbocycles. The predicted molar refractivity (Wildman–Crippen MR) is 111 cm³/mol. The number of aromatic nitrogens is 6. The van der Waals surface area contributed by atoms with E-state index < -0.39 is 0 Å². The molecule has 138 valence electrons. The molecule has 0 saturated heterocycles. The van der Waals surface area contributed by atoms with Gasteiger partial charge < -0.3 is 5.32 Å². The van der Waals surface area contributed by atoms with Crippen molar-refractivity contribution in [2.45, 2.75) is 9.79 Å². The number of thioether (sulfide) groups is 1. The minimum absolute atomic E-state index is 0.534. The van der Waals surface area contributed by atoms with Gasteiger partial charge in [0.25, 0.3) is 0 Å². The highest BCUT2D eigenvalue weighted by Crippen LogP contribution is 2.40. The van der Waals surface area contributed by atoms with Crippen LogP contribution in [0, 0.1) is 0 Å². The molecule has 0 radical (unpaired) electrons. The number of aryl methyl sites for hydroxylation is 1. The van der Waals surface area contributed by atoms with Gasteiger partial charge in [-0.1, -0.05) is 18.2 Å². The van der Waals surface area contributed by atoms with Crippen molar-refractivity contribution in [2.75, 3.05) is 19.3 Å². The van der Waals surface area contributed by atoms with Crippen LogP contribution in [0.25, 0.3) is 33.4 Å². The lowest BCUT2D eigenvalue weighted by molar-refractivity contribution is 0.780. The van der Waals surface area contributed by atoms with Crippen LogP contribution in [-0.2, 0) is 7.05 Å². The number of H-pyrrole nitrogens is 1. The maximum absolute atomic E-state index is 4.81. The molecule has 0 bridgehead atoms. The summed E-state index contributed by atoms with van der Waals surface area (Å²) in [6, 6.07) is 10.4. The number of nitrogens with zero attached hydrogens (tertiary/aromatic N) is 5. The third-order valence-corrected chi connectivity index (χ3v) is 5.93. The lowest BCUT2D eigenvalue weighted by atomic mass is 9.98. The van der Waals surface area contributed by atoms with Crippen LogP contribution in [0.4, 0.5) is 0 Å². The fraction of sp³-hybridized carbons (Fsp3) is 0.222. The van der Waals surface area contributed by atoms with E-state index in [4.69, 9.17) is 12.6 Å². The van der Waals surface area contributed by atoms with Crippen LogP contribution in [0.2, 0.25) is 0 Å². The minimum atomic E-state index is 0.534. The first-order valence-electron chi connectivity index (χ1n) is 8.48. The number of hydrogen-bond donors (Lipinski definition) is 3. The van der Waals surface area contributed by atoms with E-state index in [2.05, 4.69) is 61.4 Å². The lowest BCUT2D eigenvalue weighted by Gasteiger charge is -2.13. The van der Waals surface area contributed by atoms with Crippen molar-refractivity contribution in [3.05, 3.63) is 36.5 Å². The van der Waals surface area contributed by atoms with Crippen molar-refractivity contribution in [2.24, 2.45) is 7.05 Å². The summed E-state index contributed by atoms with van der Waals surface area (Å²) >= 11 is 6.57. The van der Waals surface area contributed by atoms with Crippen molar-refractivity contribution in [1.82, 2.24) is 35.7 Å². The molecule has 0 spiro atoms. The first-order valence-corrected chi connectivity index (χ1v) is 9.91. The molecule has 27 heavy (non-hydrogen) atoms. The van der Waals surface area contributed by atoms with Crippen LogP contribution in [-0.4, -0.2) is 49.7 Å². The maximum atomic E-state index is 4.81. The van der Waals surface area contributed by atoms with Gasteiger partial charge in [0.15, 0.2) is 0 Å². The van der Waals surface area contributed by atoms with Crippen molar-refractivity contribution >= 4 is 35.3 Å². The van der Waals surface area contributed by atoms with Gasteiger partial charge in [-0.05, 0) is 35.5 Å². The number of benzene rings is 2. The van der Waals surface area contributed by atoms with Gasteiger partial charge in [-0.3, -0.25) is 4.68 Å². The van der Waals surface area contributed by atoms with E-state index in [0.29, 0.717) is 5.82 Å². The number of hydrogen-bond acceptors (Lipinski definition) is 7. The Balaban J connectivity index is 1.84. The second-order valence-electron chi connectivity index (χ2n) is 6.10. The Hall–Kier alpha value is -2.36. The van der Waals surface area contributed by atoms with Crippen molar-refractivity contribution in [3.8, 4) is 22.5 Å². The Morgan fingerprint density at radius 2 is 2.15 bits per heavy atom. The molecule has 4 aromatic rings. The predicted octanol–water partition coefficient (Wildman–Crippen LogP) is 3.02. The minimum Gasteiger partial charge on any atom is -0.319 e. The van der Waals surface area contributed by atoms with Crippen LogP contribution in [0.15, 0.2) is 46.3 Å². The molecule has 7 nitrogen and oxygen atoms in total. The summed E-state index contributed by atoms with van der Waals surface area (Å²) in [6.45, 7) is 0.924. The first kappa shape index (κ1) is 18.0. The molecule has 0 aliphatic rings. The average Bonchev–Trinajstić information content (AvgIpc) is 3.31. The number of rotatable bonds is 6. The highest BCUT2D eigenvalue weighted by atomic mass is 32.2. The summed E-state index contributed by atoms with van der Waals surface area (Å²) in [7, 11) is 3.87. The van der Waals surface area contributed by atoms with Gasteiger partial charge in [0.2, 0.25) is 5.82 Å². The van der Waals surface area contributed by atoms with Crippen LogP contribution < -0.4 is 5.32 Å². The van der Waals surface area contributed by atoms with Crippen LogP contribution in [0.1, 0.15) is 0 Å². The molecule has 0 amide bonds. The van der Waals surface area contributed by atoms with Gasteiger partial charge in [0.1, 0.15) is 0 Å². The molecule has 0 atom stereocenters. The highest BCUT2D eigenvalue weighted by Gasteiger charge is 2.18. The molecule has 9 heteroatoms. The van der Waals surface area contributed by atoms with Crippen molar-refractivity contribution < 1.29 is 0 Å². The van der Waals surface area contributed by atoms with Gasteiger partial charge in [0, 0.05) is 46.3 Å². The molecule has 4 rings (SSSR count). The normalized spacial score (nSPS) is 11.4. The molecule has 0 saturated carbocycles. The highest BCUT2D eigenvalue weighted by molar-refractivity contribution is 7.99. The van der Waals surface area contributed by atoms with Crippen molar-refractivity contribution in [3.63, 3.8) is 0 Å². The number of tetrazole rings is 1. The van der Waals surface area contributed by atoms with Gasteiger partial charge in [0.05, 0.1) is 5.52 Å². The van der Waals surface area contributed by atoms with Crippen LogP contribution in [0.3, 0.4) is 0 Å². The quantitative estimate of drug-likeness (QED) is 0.263. The van der Waals surface area contributed by atoms with Crippen LogP contribution >= 0.6 is 24.4 Å². The summed E-state index contributed by atoms with van der Waals surface area (Å²) < 4.78 is 1.82. The molecule has 0 unspecified atom stereocenters. The third kappa shape index (κ3) is 3.58. The Kier molecular flexibility index (Phi) is 5.15. The Morgan fingerprint density at radius 3 is 2.93 bits per heavy atom. The van der Waals surface area contributed by atoms with E-state index >= 15 is 0 Å². The number of fused-ring (bicyclic) bond motifs is 1. The van der Waals surface area contributed by atoms with Gasteiger partial charge in [-0.15, -0.1) is 34.6 Å². The fourth-order valence-corrected chi connectivity index (χ4v) is 4.41. The SMILES string of the molecule is CNCCSc1ccc(-c2ccc3cn(C)nc3c2)c(-c2nn[nH]n2)c1S. The number of nitrogens with one attached hydrogen (secondary N) is 2. The van der Waals surface area contributed by atoms with E-state index in [1.165, 1.54) is 0 Å². The summed E-state index contributed by atoms with van der Waals surface area (Å²) in [6.07, 6.45) is 2.00. The molecular weight excluding hydrogens is 378 g/mol. The number of aromatic amines is 1. The van der Waals surface area contributed by atoms with E-state index in [1.54, 1.807) is 11.8 Å². The standard InChI is InChI=1S/C18H19N7S2/c1-19-7-8-27-15-6-5-13(16(17(15)26)18-20-23-24-21-18)11-3-4-12-10-25(2)22-14(12)9-11/h3-6,9-10,19,26H,7-8H2,1-2H3,(H,20,21,23,24). The van der Waals surface area contributed by atoms with Gasteiger partial charge in [-0.25, -0.2) is 0 Å². The summed E-state index contributed by atoms with van der Waals surface area (Å²) in [5.74, 6) is 1.49. The lowest BCUT2D eigenvalue weighted by Crippen LogP contribution is -2.09. The molecule has 2 aromatic carbocycles. The zero-order valence-electron chi connectivity index (χ0n) is 15.0. The Morgan fingerprint density at radius 1 is 1.26 bits per heavy atom. The molecule has 2 heterocycles. The second kappa shape index (κ2) is 7.71. The third-order valence-electron chi connectivity index (χ3n) is 4.25. The van der Waals surface area contributed by atoms with Crippen LogP contribution in [0.5, 0.6) is 0 Å².